The zero-order valence-electron chi connectivity index (χ0n) is 17.3. The van der Waals surface area contributed by atoms with Gasteiger partial charge in [0.2, 0.25) is 5.91 Å². The number of carbonyl (C=O) groups is 2. The van der Waals surface area contributed by atoms with Gasteiger partial charge in [0.25, 0.3) is 5.91 Å². The number of nitrogens with one attached hydrogen (secondary N) is 1. The molecule has 8 heteroatoms. The fraction of sp³-hybridized carbons (Fsp3) is 0.364. The van der Waals surface area contributed by atoms with Gasteiger partial charge in [0.05, 0.1) is 5.02 Å². The second-order valence-corrected chi connectivity index (χ2v) is 8.77. The fourth-order valence-corrected chi connectivity index (χ4v) is 3.12. The number of benzene rings is 2. The molecule has 0 aliphatic heterocycles. The van der Waals surface area contributed by atoms with Crippen LogP contribution in [0.5, 0.6) is 5.75 Å². The van der Waals surface area contributed by atoms with Crippen molar-refractivity contribution in [1.82, 2.24) is 10.2 Å². The van der Waals surface area contributed by atoms with Gasteiger partial charge >= 0.3 is 0 Å². The lowest BCUT2D eigenvalue weighted by atomic mass is 10.1. The topological polar surface area (TPSA) is 58.6 Å². The van der Waals surface area contributed by atoms with Crippen LogP contribution in [0.1, 0.15) is 33.3 Å². The van der Waals surface area contributed by atoms with Crippen LogP contribution in [0.4, 0.5) is 4.39 Å². The first kappa shape index (κ1) is 24.0. The smallest absolute Gasteiger partial charge is 0.261 e. The normalized spacial score (nSPS) is 12.2. The number of amides is 2. The molecule has 0 saturated carbocycles. The molecule has 5 nitrogen and oxygen atoms in total. The Morgan fingerprint density at radius 3 is 2.33 bits per heavy atom. The average molecular weight is 455 g/mol. The summed E-state index contributed by atoms with van der Waals surface area (Å²) in [6, 6.07) is 9.66. The first-order valence-corrected chi connectivity index (χ1v) is 10.2. The predicted octanol–water partition coefficient (Wildman–Crippen LogP) is 4.84. The first-order valence-electron chi connectivity index (χ1n) is 9.40. The van der Waals surface area contributed by atoms with Gasteiger partial charge in [-0.1, -0.05) is 35.3 Å². The summed E-state index contributed by atoms with van der Waals surface area (Å²) in [4.78, 5) is 27.0. The third kappa shape index (κ3) is 7.18. The number of halogens is 3. The summed E-state index contributed by atoms with van der Waals surface area (Å²) in [6.07, 6.45) is 0. The molecule has 0 radical (unpaired) electrons. The minimum Gasteiger partial charge on any atom is -0.482 e. The largest absolute Gasteiger partial charge is 0.482 e. The SMILES string of the molecule is C[C@@H](C(=O)NC(C)(C)C)N(Cc1ccc(F)cc1)C(=O)COc1ccc(Cl)cc1Cl. The summed E-state index contributed by atoms with van der Waals surface area (Å²) in [7, 11) is 0. The van der Waals surface area contributed by atoms with Crippen molar-refractivity contribution >= 4 is 35.0 Å². The molecule has 2 aromatic carbocycles. The molecular weight excluding hydrogens is 430 g/mol. The maximum absolute atomic E-state index is 13.2. The molecule has 0 bridgehead atoms. The van der Waals surface area contributed by atoms with Crippen LogP contribution in [0.2, 0.25) is 10.0 Å². The van der Waals surface area contributed by atoms with E-state index in [1.54, 1.807) is 31.2 Å². The number of rotatable bonds is 7. The zero-order valence-corrected chi connectivity index (χ0v) is 18.9. The van der Waals surface area contributed by atoms with E-state index in [1.807, 2.05) is 20.8 Å². The average Bonchev–Trinajstić information content (AvgIpc) is 2.64. The molecule has 0 aliphatic rings. The van der Waals surface area contributed by atoms with E-state index in [4.69, 9.17) is 27.9 Å². The monoisotopic (exact) mass is 454 g/mol. The van der Waals surface area contributed by atoms with Crippen molar-refractivity contribution in [3.05, 3.63) is 63.9 Å². The molecule has 2 aromatic rings. The molecule has 0 unspecified atom stereocenters. The van der Waals surface area contributed by atoms with Gasteiger partial charge in [-0.05, 0) is 63.6 Å². The minimum absolute atomic E-state index is 0.121. The molecule has 2 rings (SSSR count). The third-order valence-corrected chi connectivity index (χ3v) is 4.71. The summed E-state index contributed by atoms with van der Waals surface area (Å²) in [6.45, 7) is 7.00. The van der Waals surface area contributed by atoms with E-state index < -0.39 is 17.5 Å². The Morgan fingerprint density at radius 2 is 1.77 bits per heavy atom. The van der Waals surface area contributed by atoms with Gasteiger partial charge in [0.15, 0.2) is 6.61 Å². The lowest BCUT2D eigenvalue weighted by Crippen LogP contribution is -2.53. The molecule has 0 aromatic heterocycles. The molecule has 0 fully saturated rings. The van der Waals surface area contributed by atoms with Crippen molar-refractivity contribution in [3.8, 4) is 5.75 Å². The highest BCUT2D eigenvalue weighted by molar-refractivity contribution is 6.35. The quantitative estimate of drug-likeness (QED) is 0.650. The highest BCUT2D eigenvalue weighted by Gasteiger charge is 2.28. The summed E-state index contributed by atoms with van der Waals surface area (Å²) in [5, 5.41) is 3.59. The van der Waals surface area contributed by atoms with Crippen LogP contribution in [0.15, 0.2) is 42.5 Å². The van der Waals surface area contributed by atoms with Gasteiger partial charge in [-0.3, -0.25) is 9.59 Å². The zero-order chi connectivity index (χ0) is 22.5. The number of carbonyl (C=O) groups excluding carboxylic acids is 2. The Labute approximate surface area is 186 Å². The Kier molecular flexibility index (Phi) is 8.10. The van der Waals surface area contributed by atoms with Crippen molar-refractivity contribution in [1.29, 1.82) is 0 Å². The summed E-state index contributed by atoms with van der Waals surface area (Å²) >= 11 is 12.0. The Hall–Kier alpha value is -2.31. The lowest BCUT2D eigenvalue weighted by molar-refractivity contribution is -0.142. The van der Waals surface area contributed by atoms with E-state index in [0.29, 0.717) is 16.3 Å². The van der Waals surface area contributed by atoms with E-state index in [2.05, 4.69) is 5.32 Å². The summed E-state index contributed by atoms with van der Waals surface area (Å²) in [5.41, 5.74) is 0.230. The standard InChI is InChI=1S/C22H25Cl2FN2O3/c1-14(21(29)26-22(2,3)4)27(12-15-5-8-17(25)9-6-15)20(28)13-30-19-10-7-16(23)11-18(19)24/h5-11,14H,12-13H2,1-4H3,(H,26,29)/t14-/m0/s1. The van der Waals surface area contributed by atoms with Crippen LogP contribution in [-0.2, 0) is 16.1 Å². The van der Waals surface area contributed by atoms with E-state index in [-0.39, 0.29) is 29.9 Å². The van der Waals surface area contributed by atoms with Crippen molar-refractivity contribution in [3.63, 3.8) is 0 Å². The molecule has 0 spiro atoms. The van der Waals surface area contributed by atoms with E-state index >= 15 is 0 Å². The first-order chi connectivity index (χ1) is 14.0. The number of ether oxygens (including phenoxy) is 1. The van der Waals surface area contributed by atoms with Gasteiger partial charge in [-0.15, -0.1) is 0 Å². The molecule has 0 heterocycles. The minimum atomic E-state index is -0.772. The van der Waals surface area contributed by atoms with Crippen LogP contribution < -0.4 is 10.1 Å². The van der Waals surface area contributed by atoms with Crippen molar-refractivity contribution in [2.24, 2.45) is 0 Å². The maximum Gasteiger partial charge on any atom is 0.261 e. The number of hydrogen-bond acceptors (Lipinski definition) is 3. The number of nitrogens with zero attached hydrogens (tertiary/aromatic N) is 1. The molecule has 2 amide bonds. The van der Waals surface area contributed by atoms with Crippen molar-refractivity contribution in [2.45, 2.75) is 45.8 Å². The lowest BCUT2D eigenvalue weighted by Gasteiger charge is -2.31. The van der Waals surface area contributed by atoms with Gasteiger partial charge < -0.3 is 15.0 Å². The number of hydrogen-bond donors (Lipinski definition) is 1. The fourth-order valence-electron chi connectivity index (χ4n) is 2.66. The summed E-state index contributed by atoms with van der Waals surface area (Å²) in [5.74, 6) is -0.789. The molecule has 30 heavy (non-hydrogen) atoms. The Morgan fingerprint density at radius 1 is 1.13 bits per heavy atom. The van der Waals surface area contributed by atoms with E-state index in [0.717, 1.165) is 0 Å². The van der Waals surface area contributed by atoms with Crippen LogP contribution in [-0.4, -0.2) is 34.9 Å². The van der Waals surface area contributed by atoms with Gasteiger partial charge in [-0.2, -0.15) is 0 Å². The van der Waals surface area contributed by atoms with Crippen molar-refractivity contribution in [2.75, 3.05) is 6.61 Å². The second kappa shape index (κ2) is 10.1. The van der Waals surface area contributed by atoms with Crippen LogP contribution in [0.3, 0.4) is 0 Å². The Bertz CT molecular complexity index is 898. The highest BCUT2D eigenvalue weighted by atomic mass is 35.5. The molecule has 1 atom stereocenters. The van der Waals surface area contributed by atoms with Gasteiger partial charge in [0.1, 0.15) is 17.6 Å². The van der Waals surface area contributed by atoms with Crippen molar-refractivity contribution < 1.29 is 18.7 Å². The molecular formula is C22H25Cl2FN2O3. The van der Waals surface area contributed by atoms with Crippen LogP contribution in [0.25, 0.3) is 0 Å². The summed E-state index contributed by atoms with van der Waals surface area (Å²) < 4.78 is 18.8. The Balaban J connectivity index is 2.18. The van der Waals surface area contributed by atoms with E-state index in [1.165, 1.54) is 23.1 Å². The van der Waals surface area contributed by atoms with E-state index in [9.17, 15) is 14.0 Å². The maximum atomic E-state index is 13.2. The third-order valence-electron chi connectivity index (χ3n) is 4.18. The van der Waals surface area contributed by atoms with Crippen LogP contribution >= 0.6 is 23.2 Å². The predicted molar refractivity (Wildman–Crippen MR) is 116 cm³/mol. The molecule has 162 valence electrons. The molecule has 0 aliphatic carbocycles. The highest BCUT2D eigenvalue weighted by Crippen LogP contribution is 2.27. The van der Waals surface area contributed by atoms with Gasteiger partial charge in [-0.25, -0.2) is 4.39 Å². The second-order valence-electron chi connectivity index (χ2n) is 7.93. The molecule has 1 N–H and O–H groups in total. The molecule has 0 saturated heterocycles. The van der Waals surface area contributed by atoms with Crippen LogP contribution in [0, 0.1) is 5.82 Å². The van der Waals surface area contributed by atoms with Gasteiger partial charge in [0, 0.05) is 17.1 Å².